The monoisotopic (exact) mass is 339 g/mol. The number of piperazine rings is 1. The maximum absolute atomic E-state index is 8.87. The zero-order valence-electron chi connectivity index (χ0n) is 14.0. The molecule has 1 saturated heterocycles. The van der Waals surface area contributed by atoms with Gasteiger partial charge in [-0.05, 0) is 36.2 Å². The predicted octanol–water partition coefficient (Wildman–Crippen LogP) is 4.09. The minimum atomic E-state index is 0.343. The van der Waals surface area contributed by atoms with Crippen LogP contribution in [-0.2, 0) is 6.54 Å². The number of benzene rings is 2. The zero-order chi connectivity index (χ0) is 16.9. The first-order valence-corrected chi connectivity index (χ1v) is 8.75. The van der Waals surface area contributed by atoms with Crippen molar-refractivity contribution in [3.63, 3.8) is 0 Å². The second kappa shape index (κ2) is 7.81. The number of nitriles is 1. The highest BCUT2D eigenvalue weighted by Gasteiger charge is 2.23. The van der Waals surface area contributed by atoms with Crippen LogP contribution in [0.5, 0.6) is 0 Å². The Labute approximate surface area is 149 Å². The average molecular weight is 340 g/mol. The maximum atomic E-state index is 8.87. The fourth-order valence-corrected chi connectivity index (χ4v) is 3.56. The van der Waals surface area contributed by atoms with Crippen molar-refractivity contribution in [1.29, 1.82) is 5.26 Å². The summed E-state index contributed by atoms with van der Waals surface area (Å²) in [5, 5.41) is 9.72. The third-order valence-corrected chi connectivity index (χ3v) is 5.14. The highest BCUT2D eigenvalue weighted by atomic mass is 35.5. The van der Waals surface area contributed by atoms with E-state index in [4.69, 9.17) is 16.9 Å². The lowest BCUT2D eigenvalue weighted by atomic mass is 10.1. The van der Waals surface area contributed by atoms with Gasteiger partial charge in [-0.15, -0.1) is 0 Å². The van der Waals surface area contributed by atoms with E-state index in [1.54, 1.807) is 0 Å². The molecule has 3 nitrogen and oxygen atoms in total. The van der Waals surface area contributed by atoms with Gasteiger partial charge in [-0.1, -0.05) is 41.9 Å². The Bertz CT molecular complexity index is 712. The van der Waals surface area contributed by atoms with Crippen LogP contribution in [0.15, 0.2) is 48.5 Å². The van der Waals surface area contributed by atoms with E-state index in [1.807, 2.05) is 24.3 Å². The summed E-state index contributed by atoms with van der Waals surface area (Å²) in [6, 6.07) is 18.5. The first-order valence-electron chi connectivity index (χ1n) is 8.37. The largest absolute Gasteiger partial charge is 0.297 e. The van der Waals surface area contributed by atoms with Crippen LogP contribution < -0.4 is 0 Å². The molecule has 24 heavy (non-hydrogen) atoms. The molecule has 0 N–H and O–H groups in total. The van der Waals surface area contributed by atoms with Gasteiger partial charge in [-0.2, -0.15) is 5.26 Å². The lowest BCUT2D eigenvalue weighted by molar-refractivity contribution is 0.0979. The van der Waals surface area contributed by atoms with Crippen LogP contribution in [0.4, 0.5) is 0 Å². The molecule has 4 heteroatoms. The smallest absolute Gasteiger partial charge is 0.0991 e. The molecule has 2 aromatic rings. The molecule has 1 aliphatic heterocycles. The van der Waals surface area contributed by atoms with Crippen molar-refractivity contribution in [2.24, 2.45) is 0 Å². The van der Waals surface area contributed by atoms with Crippen LogP contribution in [0.3, 0.4) is 0 Å². The summed E-state index contributed by atoms with van der Waals surface area (Å²) in [7, 11) is 0. The first kappa shape index (κ1) is 17.0. The van der Waals surface area contributed by atoms with Gasteiger partial charge in [0.2, 0.25) is 0 Å². The van der Waals surface area contributed by atoms with Crippen LogP contribution in [0, 0.1) is 11.3 Å². The van der Waals surface area contributed by atoms with Crippen LogP contribution in [0.25, 0.3) is 0 Å². The van der Waals surface area contributed by atoms with Gasteiger partial charge in [-0.3, -0.25) is 9.80 Å². The normalized spacial score (nSPS) is 17.4. The summed E-state index contributed by atoms with van der Waals surface area (Å²) in [5.74, 6) is 0. The van der Waals surface area contributed by atoms with Crippen molar-refractivity contribution in [2.75, 3.05) is 26.2 Å². The Balaban J connectivity index is 1.55. The second-order valence-electron chi connectivity index (χ2n) is 6.32. The topological polar surface area (TPSA) is 30.3 Å². The highest BCUT2D eigenvalue weighted by Crippen LogP contribution is 2.27. The molecular formula is C20H22ClN3. The van der Waals surface area contributed by atoms with Crippen LogP contribution in [-0.4, -0.2) is 36.0 Å². The van der Waals surface area contributed by atoms with Crippen molar-refractivity contribution in [3.05, 3.63) is 70.2 Å². The Morgan fingerprint density at radius 1 is 1.04 bits per heavy atom. The Hall–Kier alpha value is -1.86. The minimum Gasteiger partial charge on any atom is -0.297 e. The molecule has 0 amide bonds. The standard InChI is InChI=1S/C20H22ClN3/c1-16(19-4-2-3-5-20(19)21)24-12-10-23(11-13-24)15-18-8-6-17(14-22)7-9-18/h2-9,16H,10-13,15H2,1H3/t16-/m1/s1. The van der Waals surface area contributed by atoms with Crippen LogP contribution >= 0.6 is 11.6 Å². The molecular weight excluding hydrogens is 318 g/mol. The van der Waals surface area contributed by atoms with Crippen molar-refractivity contribution in [2.45, 2.75) is 19.5 Å². The van der Waals surface area contributed by atoms with Crippen LogP contribution in [0.2, 0.25) is 5.02 Å². The van der Waals surface area contributed by atoms with E-state index >= 15 is 0 Å². The SMILES string of the molecule is C[C@H](c1ccccc1Cl)N1CCN(Cc2ccc(C#N)cc2)CC1. The van der Waals surface area contributed by atoms with Crippen molar-refractivity contribution in [3.8, 4) is 6.07 Å². The van der Waals surface area contributed by atoms with E-state index in [2.05, 4.69) is 47.1 Å². The molecule has 1 aliphatic rings. The summed E-state index contributed by atoms with van der Waals surface area (Å²) in [4.78, 5) is 4.97. The molecule has 1 atom stereocenters. The predicted molar refractivity (Wildman–Crippen MR) is 97.9 cm³/mol. The lowest BCUT2D eigenvalue weighted by Crippen LogP contribution is -2.46. The number of halogens is 1. The van der Waals surface area contributed by atoms with E-state index in [0.29, 0.717) is 6.04 Å². The van der Waals surface area contributed by atoms with Gasteiger partial charge in [0, 0.05) is 43.8 Å². The van der Waals surface area contributed by atoms with E-state index in [-0.39, 0.29) is 0 Å². The van der Waals surface area contributed by atoms with E-state index < -0.39 is 0 Å². The Morgan fingerprint density at radius 2 is 1.71 bits per heavy atom. The summed E-state index contributed by atoms with van der Waals surface area (Å²) >= 11 is 6.34. The van der Waals surface area contributed by atoms with Gasteiger partial charge < -0.3 is 0 Å². The van der Waals surface area contributed by atoms with Gasteiger partial charge >= 0.3 is 0 Å². The fourth-order valence-electron chi connectivity index (χ4n) is 3.26. The molecule has 0 unspecified atom stereocenters. The van der Waals surface area contributed by atoms with Crippen molar-refractivity contribution in [1.82, 2.24) is 9.80 Å². The third-order valence-electron chi connectivity index (χ3n) is 4.80. The van der Waals surface area contributed by atoms with Crippen molar-refractivity contribution >= 4 is 11.6 Å². The molecule has 0 aromatic heterocycles. The van der Waals surface area contributed by atoms with Gasteiger partial charge in [0.15, 0.2) is 0 Å². The minimum absolute atomic E-state index is 0.343. The van der Waals surface area contributed by atoms with Gasteiger partial charge in [0.25, 0.3) is 0 Å². The summed E-state index contributed by atoms with van der Waals surface area (Å²) in [6.45, 7) is 7.37. The Morgan fingerprint density at radius 3 is 2.33 bits per heavy atom. The molecule has 3 rings (SSSR count). The molecule has 0 saturated carbocycles. The summed E-state index contributed by atoms with van der Waals surface area (Å²) in [6.07, 6.45) is 0. The first-order chi connectivity index (χ1) is 11.7. The average Bonchev–Trinajstić information content (AvgIpc) is 2.63. The third kappa shape index (κ3) is 3.96. The summed E-state index contributed by atoms with van der Waals surface area (Å²) in [5.41, 5.74) is 3.19. The van der Waals surface area contributed by atoms with E-state index in [1.165, 1.54) is 11.1 Å². The van der Waals surface area contributed by atoms with Gasteiger partial charge in [-0.25, -0.2) is 0 Å². The molecule has 0 spiro atoms. The molecule has 124 valence electrons. The molecule has 2 aromatic carbocycles. The maximum Gasteiger partial charge on any atom is 0.0991 e. The quantitative estimate of drug-likeness (QED) is 0.840. The summed E-state index contributed by atoms with van der Waals surface area (Å²) < 4.78 is 0. The molecule has 0 aliphatic carbocycles. The number of hydrogen-bond donors (Lipinski definition) is 0. The number of rotatable bonds is 4. The van der Waals surface area contributed by atoms with E-state index in [9.17, 15) is 0 Å². The number of nitrogens with zero attached hydrogens (tertiary/aromatic N) is 3. The molecule has 1 heterocycles. The van der Waals surface area contributed by atoms with Crippen LogP contribution in [0.1, 0.15) is 29.7 Å². The lowest BCUT2D eigenvalue weighted by Gasteiger charge is -2.38. The molecule has 0 radical (unpaired) electrons. The Kier molecular flexibility index (Phi) is 5.52. The van der Waals surface area contributed by atoms with Crippen molar-refractivity contribution < 1.29 is 0 Å². The van der Waals surface area contributed by atoms with Gasteiger partial charge in [0.05, 0.1) is 11.6 Å². The van der Waals surface area contributed by atoms with Gasteiger partial charge in [0.1, 0.15) is 0 Å². The second-order valence-corrected chi connectivity index (χ2v) is 6.73. The fraction of sp³-hybridized carbons (Fsp3) is 0.350. The number of hydrogen-bond acceptors (Lipinski definition) is 3. The highest BCUT2D eigenvalue weighted by molar-refractivity contribution is 6.31. The molecule has 1 fully saturated rings. The zero-order valence-corrected chi connectivity index (χ0v) is 14.7. The molecule has 0 bridgehead atoms. The van der Waals surface area contributed by atoms with E-state index in [0.717, 1.165) is 43.3 Å².